The summed E-state index contributed by atoms with van der Waals surface area (Å²) >= 11 is 1.68. The monoisotopic (exact) mass is 341 g/mol. The third kappa shape index (κ3) is 3.86. The van der Waals surface area contributed by atoms with Gasteiger partial charge in [-0.25, -0.2) is 9.37 Å². The van der Waals surface area contributed by atoms with Gasteiger partial charge in [-0.2, -0.15) is 0 Å². The molecular formula is C19H20FN3S. The van der Waals surface area contributed by atoms with Crippen molar-refractivity contribution >= 4 is 11.3 Å². The highest BCUT2D eigenvalue weighted by atomic mass is 32.1. The molecule has 0 aliphatic heterocycles. The van der Waals surface area contributed by atoms with Crippen LogP contribution in [-0.4, -0.2) is 28.5 Å². The van der Waals surface area contributed by atoms with Crippen LogP contribution in [0.25, 0.3) is 0 Å². The first-order valence-electron chi connectivity index (χ1n) is 7.91. The maximum Gasteiger partial charge on any atom is 0.123 e. The lowest BCUT2D eigenvalue weighted by molar-refractivity contribution is 0.278. The second-order valence-corrected chi connectivity index (χ2v) is 6.74. The van der Waals surface area contributed by atoms with Crippen LogP contribution in [0.4, 0.5) is 4.39 Å². The number of aromatic nitrogens is 2. The Morgan fingerprint density at radius 3 is 2.71 bits per heavy atom. The van der Waals surface area contributed by atoms with E-state index < -0.39 is 0 Å². The van der Waals surface area contributed by atoms with Crippen LogP contribution < -0.4 is 0 Å². The van der Waals surface area contributed by atoms with Gasteiger partial charge in [-0.05, 0) is 50.2 Å². The van der Waals surface area contributed by atoms with Crippen LogP contribution >= 0.6 is 11.3 Å². The van der Waals surface area contributed by atoms with E-state index in [2.05, 4.69) is 21.9 Å². The highest BCUT2D eigenvalue weighted by molar-refractivity contribution is 7.09. The molecule has 3 rings (SSSR count). The van der Waals surface area contributed by atoms with Gasteiger partial charge < -0.3 is 0 Å². The molecule has 0 unspecified atom stereocenters. The number of likely N-dealkylation sites (N-methyl/N-ethyl adjacent to an activating group) is 1. The zero-order chi connectivity index (χ0) is 16.9. The van der Waals surface area contributed by atoms with Gasteiger partial charge in [0, 0.05) is 17.6 Å². The number of thiazole rings is 1. The quantitative estimate of drug-likeness (QED) is 0.671. The number of hydrogen-bond acceptors (Lipinski definition) is 4. The van der Waals surface area contributed by atoms with E-state index in [9.17, 15) is 4.39 Å². The Kier molecular flexibility index (Phi) is 5.33. The van der Waals surface area contributed by atoms with E-state index in [0.29, 0.717) is 0 Å². The Bertz CT molecular complexity index is 788. The maximum atomic E-state index is 13.7. The van der Waals surface area contributed by atoms with Crippen molar-refractivity contribution in [3.8, 4) is 0 Å². The second-order valence-electron chi connectivity index (χ2n) is 5.80. The summed E-state index contributed by atoms with van der Waals surface area (Å²) in [4.78, 5) is 12.3. The van der Waals surface area contributed by atoms with Crippen molar-refractivity contribution in [2.24, 2.45) is 0 Å². The molecule has 0 aliphatic carbocycles. The second kappa shape index (κ2) is 7.64. The number of rotatable bonds is 6. The third-order valence-corrected chi connectivity index (χ3v) is 5.10. The maximum absolute atomic E-state index is 13.7. The summed E-state index contributed by atoms with van der Waals surface area (Å²) in [5, 5.41) is 0. The van der Waals surface area contributed by atoms with E-state index in [1.54, 1.807) is 29.7 Å². The summed E-state index contributed by atoms with van der Waals surface area (Å²) in [5.41, 5.74) is 4.81. The van der Waals surface area contributed by atoms with Gasteiger partial charge in [-0.15, -0.1) is 11.3 Å². The zero-order valence-corrected chi connectivity index (χ0v) is 14.6. The molecule has 0 bridgehead atoms. The first-order valence-corrected chi connectivity index (χ1v) is 8.78. The summed E-state index contributed by atoms with van der Waals surface area (Å²) in [7, 11) is 2.06. The average Bonchev–Trinajstić information content (AvgIpc) is 2.99. The lowest BCUT2D eigenvalue weighted by atomic mass is 10.0. The SMILES string of the molecule is Cc1ncsc1CCN(C)[C@@H](c1cccc(F)c1)c1ccccn1. The molecule has 0 aliphatic rings. The van der Waals surface area contributed by atoms with Gasteiger partial charge in [0.05, 0.1) is 22.9 Å². The molecule has 1 aromatic carbocycles. The summed E-state index contributed by atoms with van der Waals surface area (Å²) in [6, 6.07) is 12.5. The molecule has 24 heavy (non-hydrogen) atoms. The van der Waals surface area contributed by atoms with Crippen LogP contribution in [0.5, 0.6) is 0 Å². The van der Waals surface area contributed by atoms with E-state index in [4.69, 9.17) is 0 Å². The highest BCUT2D eigenvalue weighted by Gasteiger charge is 2.21. The van der Waals surface area contributed by atoms with E-state index in [0.717, 1.165) is 29.9 Å². The van der Waals surface area contributed by atoms with Crippen molar-refractivity contribution in [3.05, 3.63) is 81.8 Å². The minimum absolute atomic E-state index is 0.0740. The van der Waals surface area contributed by atoms with Crippen molar-refractivity contribution in [2.75, 3.05) is 13.6 Å². The normalized spacial score (nSPS) is 12.5. The minimum Gasteiger partial charge on any atom is -0.294 e. The molecule has 0 N–H and O–H groups in total. The van der Waals surface area contributed by atoms with E-state index in [1.807, 2.05) is 36.7 Å². The zero-order valence-electron chi connectivity index (χ0n) is 13.8. The summed E-state index contributed by atoms with van der Waals surface area (Å²) in [6.45, 7) is 2.88. The third-order valence-electron chi connectivity index (χ3n) is 4.11. The van der Waals surface area contributed by atoms with Gasteiger partial charge in [0.25, 0.3) is 0 Å². The fourth-order valence-electron chi connectivity index (χ4n) is 2.84. The molecule has 0 amide bonds. The van der Waals surface area contributed by atoms with Crippen molar-refractivity contribution < 1.29 is 4.39 Å². The predicted molar refractivity (Wildman–Crippen MR) is 95.7 cm³/mol. The van der Waals surface area contributed by atoms with E-state index in [1.165, 1.54) is 10.9 Å². The number of pyridine rings is 1. The molecule has 0 fully saturated rings. The molecule has 0 radical (unpaired) electrons. The first-order chi connectivity index (χ1) is 11.6. The topological polar surface area (TPSA) is 29.0 Å². The Morgan fingerprint density at radius 2 is 2.04 bits per heavy atom. The Hall–Kier alpha value is -2.11. The number of benzene rings is 1. The Morgan fingerprint density at radius 1 is 1.17 bits per heavy atom. The van der Waals surface area contributed by atoms with Crippen molar-refractivity contribution in [3.63, 3.8) is 0 Å². The average molecular weight is 341 g/mol. The van der Waals surface area contributed by atoms with Crippen molar-refractivity contribution in [2.45, 2.75) is 19.4 Å². The molecule has 2 aromatic heterocycles. The van der Waals surface area contributed by atoms with Gasteiger partial charge >= 0.3 is 0 Å². The molecule has 2 heterocycles. The predicted octanol–water partition coefficient (Wildman–Crippen LogP) is 4.25. The molecule has 124 valence electrons. The molecule has 3 nitrogen and oxygen atoms in total. The fraction of sp³-hybridized carbons (Fsp3) is 0.263. The van der Waals surface area contributed by atoms with Crippen molar-refractivity contribution in [1.29, 1.82) is 0 Å². The van der Waals surface area contributed by atoms with Gasteiger partial charge in [0.1, 0.15) is 5.82 Å². The molecule has 1 atom stereocenters. The lowest BCUT2D eigenvalue weighted by Crippen LogP contribution is -2.28. The van der Waals surface area contributed by atoms with Gasteiger partial charge in [-0.1, -0.05) is 18.2 Å². The van der Waals surface area contributed by atoms with Crippen LogP contribution in [0.3, 0.4) is 0 Å². The summed E-state index contributed by atoms with van der Waals surface area (Å²) in [6.07, 6.45) is 2.70. The summed E-state index contributed by atoms with van der Waals surface area (Å²) in [5.74, 6) is -0.222. The Labute approximate surface area is 145 Å². The van der Waals surface area contributed by atoms with Gasteiger partial charge in [0.15, 0.2) is 0 Å². The van der Waals surface area contributed by atoms with Crippen LogP contribution in [0, 0.1) is 12.7 Å². The van der Waals surface area contributed by atoms with Crippen LogP contribution in [0.15, 0.2) is 54.2 Å². The molecule has 0 saturated carbocycles. The van der Waals surface area contributed by atoms with Crippen LogP contribution in [-0.2, 0) is 6.42 Å². The largest absolute Gasteiger partial charge is 0.294 e. The standard InChI is InChI=1S/C19H20FN3S/c1-14-18(24-13-22-14)9-11-23(2)19(17-8-3-4-10-21-17)15-6-5-7-16(20)12-15/h3-8,10,12-13,19H,9,11H2,1-2H3/t19-/m0/s1. The Balaban J connectivity index is 1.85. The molecule has 5 heteroatoms. The fourth-order valence-corrected chi connectivity index (χ4v) is 3.61. The van der Waals surface area contributed by atoms with Gasteiger partial charge in [0.2, 0.25) is 0 Å². The minimum atomic E-state index is -0.222. The van der Waals surface area contributed by atoms with Crippen LogP contribution in [0.1, 0.15) is 27.9 Å². The molecule has 0 spiro atoms. The van der Waals surface area contributed by atoms with Crippen LogP contribution in [0.2, 0.25) is 0 Å². The lowest BCUT2D eigenvalue weighted by Gasteiger charge is -2.28. The van der Waals surface area contributed by atoms with Crippen molar-refractivity contribution in [1.82, 2.24) is 14.9 Å². The summed E-state index contributed by atoms with van der Waals surface area (Å²) < 4.78 is 13.7. The van der Waals surface area contributed by atoms with E-state index >= 15 is 0 Å². The molecule has 3 aromatic rings. The van der Waals surface area contributed by atoms with Gasteiger partial charge in [-0.3, -0.25) is 9.88 Å². The number of nitrogens with zero attached hydrogens (tertiary/aromatic N) is 3. The first kappa shape index (κ1) is 16.7. The number of aryl methyl sites for hydroxylation is 1. The smallest absolute Gasteiger partial charge is 0.123 e. The van der Waals surface area contributed by atoms with E-state index in [-0.39, 0.29) is 11.9 Å². The molecular weight excluding hydrogens is 321 g/mol. The molecule has 0 saturated heterocycles. The highest BCUT2D eigenvalue weighted by Crippen LogP contribution is 2.27. The number of halogens is 1. The number of hydrogen-bond donors (Lipinski definition) is 0.